The number of nitriles is 1. The lowest BCUT2D eigenvalue weighted by Crippen LogP contribution is -1.84. The highest BCUT2D eigenvalue weighted by atomic mass is 19.1. The van der Waals surface area contributed by atoms with Crippen molar-refractivity contribution >= 4 is 11.6 Å². The Bertz CT molecular complexity index is 1200. The molecule has 5 nitrogen and oxygen atoms in total. The molecule has 0 fully saturated rings. The molecule has 2 aromatic heterocycles. The first-order valence-corrected chi connectivity index (χ1v) is 8.52. The van der Waals surface area contributed by atoms with Crippen LogP contribution in [0, 0.1) is 24.1 Å². The molecule has 2 heterocycles. The molecule has 6 heteroatoms. The second kappa shape index (κ2) is 7.33. The Morgan fingerprint density at radius 2 is 1.86 bits per heavy atom. The number of rotatable bonds is 4. The van der Waals surface area contributed by atoms with E-state index in [-0.39, 0.29) is 17.3 Å². The topological polar surface area (TPSA) is 75.8 Å². The van der Waals surface area contributed by atoms with Gasteiger partial charge in [0.25, 0.3) is 5.89 Å². The number of hydrogen-bond acceptors (Lipinski definition) is 5. The lowest BCUT2D eigenvalue weighted by Gasteiger charge is -1.97. The summed E-state index contributed by atoms with van der Waals surface area (Å²) >= 11 is 0. The molecular formula is C22H14FN3O2. The van der Waals surface area contributed by atoms with Crippen molar-refractivity contribution in [2.24, 2.45) is 0 Å². The molecule has 0 N–H and O–H groups in total. The van der Waals surface area contributed by atoms with Gasteiger partial charge in [0.05, 0.1) is 5.56 Å². The van der Waals surface area contributed by atoms with Crippen LogP contribution in [0.25, 0.3) is 34.4 Å². The zero-order chi connectivity index (χ0) is 19.5. The highest BCUT2D eigenvalue weighted by Crippen LogP contribution is 2.27. The number of aromatic nitrogens is 2. The third kappa shape index (κ3) is 3.46. The third-order valence-electron chi connectivity index (χ3n) is 4.14. The summed E-state index contributed by atoms with van der Waals surface area (Å²) in [5.74, 6) is 0.842. The maximum absolute atomic E-state index is 13.9. The first-order chi connectivity index (χ1) is 13.6. The van der Waals surface area contributed by atoms with Gasteiger partial charge < -0.3 is 8.94 Å². The second-order valence-electron chi connectivity index (χ2n) is 6.14. The van der Waals surface area contributed by atoms with E-state index in [1.165, 1.54) is 12.1 Å². The average Bonchev–Trinajstić information content (AvgIpc) is 3.37. The number of furan rings is 1. The number of allylic oxidation sites excluding steroid dienone is 1. The Balaban J connectivity index is 1.63. The Kier molecular flexibility index (Phi) is 4.56. The Hall–Kier alpha value is -3.98. The van der Waals surface area contributed by atoms with E-state index < -0.39 is 0 Å². The van der Waals surface area contributed by atoms with Gasteiger partial charge in [-0.2, -0.15) is 10.2 Å². The molecule has 0 aliphatic carbocycles. The molecule has 28 heavy (non-hydrogen) atoms. The van der Waals surface area contributed by atoms with E-state index in [1.807, 2.05) is 37.3 Å². The fraction of sp³-hybridized carbons (Fsp3) is 0.0455. The van der Waals surface area contributed by atoms with Gasteiger partial charge in [-0.05, 0) is 31.2 Å². The first kappa shape index (κ1) is 17.4. The van der Waals surface area contributed by atoms with Crippen molar-refractivity contribution in [2.75, 3.05) is 0 Å². The smallest absolute Gasteiger partial charge is 0.269 e. The number of aryl methyl sites for hydroxylation is 1. The van der Waals surface area contributed by atoms with Crippen molar-refractivity contribution in [3.8, 4) is 28.8 Å². The third-order valence-corrected chi connectivity index (χ3v) is 4.14. The predicted molar refractivity (Wildman–Crippen MR) is 102 cm³/mol. The Morgan fingerprint density at radius 1 is 1.07 bits per heavy atom. The van der Waals surface area contributed by atoms with Gasteiger partial charge >= 0.3 is 0 Å². The van der Waals surface area contributed by atoms with Crippen molar-refractivity contribution in [3.05, 3.63) is 83.7 Å². The van der Waals surface area contributed by atoms with Gasteiger partial charge in [-0.25, -0.2) is 4.39 Å². The molecule has 0 amide bonds. The van der Waals surface area contributed by atoms with Crippen LogP contribution in [0.2, 0.25) is 0 Å². The van der Waals surface area contributed by atoms with Gasteiger partial charge in [-0.3, -0.25) is 0 Å². The summed E-state index contributed by atoms with van der Waals surface area (Å²) in [5, 5.41) is 13.4. The molecule has 0 spiro atoms. The second-order valence-corrected chi connectivity index (χ2v) is 6.14. The van der Waals surface area contributed by atoms with Gasteiger partial charge in [0.1, 0.15) is 29.0 Å². The molecule has 0 saturated carbocycles. The van der Waals surface area contributed by atoms with E-state index in [1.54, 1.807) is 30.3 Å². The van der Waals surface area contributed by atoms with Crippen LogP contribution in [-0.2, 0) is 0 Å². The maximum atomic E-state index is 13.9. The first-order valence-electron chi connectivity index (χ1n) is 8.52. The van der Waals surface area contributed by atoms with Crippen LogP contribution in [0.15, 0.2) is 69.6 Å². The highest BCUT2D eigenvalue weighted by molar-refractivity contribution is 5.86. The van der Waals surface area contributed by atoms with Crippen LogP contribution in [0.4, 0.5) is 4.39 Å². The predicted octanol–water partition coefficient (Wildman–Crippen LogP) is 5.51. The zero-order valence-corrected chi connectivity index (χ0v) is 14.9. The van der Waals surface area contributed by atoms with Gasteiger partial charge in [0.15, 0.2) is 0 Å². The fourth-order valence-electron chi connectivity index (χ4n) is 2.67. The molecule has 4 aromatic rings. The van der Waals surface area contributed by atoms with Crippen molar-refractivity contribution < 1.29 is 13.3 Å². The molecule has 0 aliphatic rings. The Labute approximate surface area is 160 Å². The SMILES string of the molecule is Cc1ccc(-c2noc(/C(C#N)=C/c3ccc(-c4ccccc4F)o3)n2)cc1. The lowest BCUT2D eigenvalue weighted by atomic mass is 10.1. The van der Waals surface area contributed by atoms with E-state index in [0.29, 0.717) is 22.9 Å². The molecule has 0 aliphatic heterocycles. The molecule has 0 atom stereocenters. The lowest BCUT2D eigenvalue weighted by molar-refractivity contribution is 0.409. The summed E-state index contributed by atoms with van der Waals surface area (Å²) < 4.78 is 24.8. The molecule has 136 valence electrons. The highest BCUT2D eigenvalue weighted by Gasteiger charge is 2.14. The minimum absolute atomic E-state index is 0.0851. The molecular weight excluding hydrogens is 357 g/mol. The monoisotopic (exact) mass is 371 g/mol. The molecule has 0 bridgehead atoms. The van der Waals surface area contributed by atoms with Gasteiger partial charge in [-0.15, -0.1) is 0 Å². The van der Waals surface area contributed by atoms with Gasteiger partial charge in [0, 0.05) is 11.6 Å². The van der Waals surface area contributed by atoms with Crippen molar-refractivity contribution in [3.63, 3.8) is 0 Å². The van der Waals surface area contributed by atoms with Crippen LogP contribution in [0.3, 0.4) is 0 Å². The minimum atomic E-state index is -0.382. The molecule has 0 unspecified atom stereocenters. The van der Waals surface area contributed by atoms with Crippen LogP contribution in [0.5, 0.6) is 0 Å². The summed E-state index contributed by atoms with van der Waals surface area (Å²) in [5.41, 5.74) is 2.41. The van der Waals surface area contributed by atoms with Gasteiger partial charge in [-0.1, -0.05) is 47.1 Å². The molecule has 0 radical (unpaired) electrons. The fourth-order valence-corrected chi connectivity index (χ4v) is 2.67. The van der Waals surface area contributed by atoms with E-state index in [0.717, 1.165) is 11.1 Å². The van der Waals surface area contributed by atoms with E-state index in [2.05, 4.69) is 10.1 Å². The average molecular weight is 371 g/mol. The quantitative estimate of drug-likeness (QED) is 0.442. The Morgan fingerprint density at radius 3 is 2.61 bits per heavy atom. The minimum Gasteiger partial charge on any atom is -0.457 e. The van der Waals surface area contributed by atoms with Gasteiger partial charge in [0.2, 0.25) is 5.82 Å². The largest absolute Gasteiger partial charge is 0.457 e. The number of halogens is 1. The van der Waals surface area contributed by atoms with Crippen LogP contribution in [0.1, 0.15) is 17.2 Å². The van der Waals surface area contributed by atoms with E-state index >= 15 is 0 Å². The summed E-state index contributed by atoms with van der Waals surface area (Å²) in [6.45, 7) is 1.99. The zero-order valence-electron chi connectivity index (χ0n) is 14.9. The molecule has 2 aromatic carbocycles. The van der Waals surface area contributed by atoms with E-state index in [4.69, 9.17) is 8.94 Å². The van der Waals surface area contributed by atoms with Crippen LogP contribution >= 0.6 is 0 Å². The normalized spacial score (nSPS) is 11.4. The van der Waals surface area contributed by atoms with E-state index in [9.17, 15) is 9.65 Å². The molecule has 0 saturated heterocycles. The summed E-state index contributed by atoms with van der Waals surface area (Å²) in [4.78, 5) is 4.29. The maximum Gasteiger partial charge on any atom is 0.269 e. The van der Waals surface area contributed by atoms with Crippen molar-refractivity contribution in [1.29, 1.82) is 5.26 Å². The summed E-state index contributed by atoms with van der Waals surface area (Å²) in [6, 6.07) is 19.3. The standard InChI is InChI=1S/C22H14FN3O2/c1-14-6-8-15(9-7-14)21-25-22(28-26-21)16(13-24)12-17-10-11-20(27-17)18-4-2-3-5-19(18)23/h2-12H,1H3/b16-12+. The van der Waals surface area contributed by atoms with Crippen LogP contribution in [-0.4, -0.2) is 10.1 Å². The van der Waals surface area contributed by atoms with Crippen molar-refractivity contribution in [2.45, 2.75) is 6.92 Å². The van der Waals surface area contributed by atoms with Crippen LogP contribution < -0.4 is 0 Å². The number of hydrogen-bond donors (Lipinski definition) is 0. The summed E-state index contributed by atoms with van der Waals surface area (Å²) in [6.07, 6.45) is 1.48. The molecule has 4 rings (SSSR count). The number of nitrogens with zero attached hydrogens (tertiary/aromatic N) is 3. The summed E-state index contributed by atoms with van der Waals surface area (Å²) in [7, 11) is 0. The number of benzene rings is 2. The van der Waals surface area contributed by atoms with Crippen molar-refractivity contribution in [1.82, 2.24) is 10.1 Å².